The summed E-state index contributed by atoms with van der Waals surface area (Å²) < 4.78 is 65.5. The highest BCUT2D eigenvalue weighted by atomic mass is 32.2. The van der Waals surface area contributed by atoms with Crippen LogP contribution >= 0.6 is 0 Å². The number of hydrogen-bond acceptors (Lipinski definition) is 4. The van der Waals surface area contributed by atoms with E-state index in [0.29, 0.717) is 6.07 Å². The van der Waals surface area contributed by atoms with Gasteiger partial charge >= 0.3 is 6.18 Å². The second kappa shape index (κ2) is 7.85. The van der Waals surface area contributed by atoms with Gasteiger partial charge in [-0.25, -0.2) is 13.1 Å². The summed E-state index contributed by atoms with van der Waals surface area (Å²) in [7, 11) is -3.98. The highest BCUT2D eigenvalue weighted by Crippen LogP contribution is 2.30. The van der Waals surface area contributed by atoms with Crippen LogP contribution in [0.2, 0.25) is 0 Å². The Morgan fingerprint density at radius 1 is 1.11 bits per heavy atom. The number of halogens is 3. The number of pyridine rings is 1. The van der Waals surface area contributed by atoms with Crippen molar-refractivity contribution < 1.29 is 21.6 Å². The molecule has 0 atom stereocenters. The second-order valence-electron chi connectivity index (χ2n) is 6.51. The summed E-state index contributed by atoms with van der Waals surface area (Å²) in [6.45, 7) is 1.79. The topological polar surface area (TPSA) is 62.3 Å². The van der Waals surface area contributed by atoms with Gasteiger partial charge in [-0.2, -0.15) is 13.2 Å². The summed E-state index contributed by atoms with van der Waals surface area (Å²) in [6.07, 6.45) is 0.474. The number of hydrogen-bond donors (Lipinski definition) is 1. The van der Waals surface area contributed by atoms with Gasteiger partial charge in [-0.3, -0.25) is 4.98 Å². The van der Waals surface area contributed by atoms with E-state index in [9.17, 15) is 21.6 Å². The molecule has 0 aliphatic carbocycles. The molecule has 9 heteroatoms. The zero-order valence-electron chi connectivity index (χ0n) is 14.5. The first-order chi connectivity index (χ1) is 12.8. The molecule has 1 aliphatic rings. The van der Waals surface area contributed by atoms with Crippen molar-refractivity contribution in [3.8, 4) is 0 Å². The number of aromatic nitrogens is 1. The van der Waals surface area contributed by atoms with E-state index in [2.05, 4.69) is 14.6 Å². The van der Waals surface area contributed by atoms with Gasteiger partial charge in [-0.15, -0.1) is 0 Å². The fourth-order valence-corrected chi connectivity index (χ4v) is 4.26. The highest BCUT2D eigenvalue weighted by molar-refractivity contribution is 7.89. The lowest BCUT2D eigenvalue weighted by atomic mass is 9.97. The normalized spacial score (nSPS) is 16.5. The van der Waals surface area contributed by atoms with E-state index in [1.807, 2.05) is 12.1 Å². The van der Waals surface area contributed by atoms with Crippen molar-refractivity contribution in [1.82, 2.24) is 9.71 Å². The first-order valence-electron chi connectivity index (χ1n) is 8.57. The Morgan fingerprint density at radius 3 is 2.41 bits per heavy atom. The number of rotatable bonds is 5. The molecule has 1 fully saturated rings. The van der Waals surface area contributed by atoms with Crippen LogP contribution in [-0.2, 0) is 16.2 Å². The molecule has 5 nitrogen and oxygen atoms in total. The van der Waals surface area contributed by atoms with Gasteiger partial charge in [0.2, 0.25) is 10.0 Å². The zero-order valence-corrected chi connectivity index (χ0v) is 15.3. The largest absolute Gasteiger partial charge is 0.416 e. The highest BCUT2D eigenvalue weighted by Gasteiger charge is 2.31. The van der Waals surface area contributed by atoms with E-state index in [1.54, 1.807) is 12.4 Å². The van der Waals surface area contributed by atoms with E-state index < -0.39 is 21.8 Å². The fraction of sp³-hybridized carbons (Fsp3) is 0.389. The maximum absolute atomic E-state index is 12.8. The molecule has 0 unspecified atom stereocenters. The Bertz CT molecular complexity index is 865. The van der Waals surface area contributed by atoms with Gasteiger partial charge in [-0.1, -0.05) is 6.07 Å². The van der Waals surface area contributed by atoms with E-state index >= 15 is 0 Å². The first-order valence-corrected chi connectivity index (χ1v) is 10.1. The molecule has 1 saturated heterocycles. The molecule has 2 heterocycles. The Morgan fingerprint density at radius 2 is 1.78 bits per heavy atom. The third kappa shape index (κ3) is 4.98. The molecule has 2 aromatic rings. The van der Waals surface area contributed by atoms with Crippen LogP contribution < -0.4 is 9.62 Å². The van der Waals surface area contributed by atoms with E-state index in [4.69, 9.17) is 0 Å². The molecular formula is C18H20F3N3O2S. The average Bonchev–Trinajstić information content (AvgIpc) is 2.67. The second-order valence-corrected chi connectivity index (χ2v) is 8.28. The minimum absolute atomic E-state index is 0.142. The van der Waals surface area contributed by atoms with Crippen LogP contribution in [0.4, 0.5) is 18.9 Å². The summed E-state index contributed by atoms with van der Waals surface area (Å²) in [4.78, 5) is 5.83. The summed E-state index contributed by atoms with van der Waals surface area (Å²) in [5, 5.41) is 0. The van der Waals surface area contributed by atoms with Gasteiger partial charge in [0.1, 0.15) is 0 Å². The molecule has 0 bridgehead atoms. The van der Waals surface area contributed by atoms with Crippen molar-refractivity contribution >= 4 is 15.7 Å². The van der Waals surface area contributed by atoms with Crippen molar-refractivity contribution in [2.45, 2.75) is 23.9 Å². The van der Waals surface area contributed by atoms with Crippen molar-refractivity contribution in [2.24, 2.45) is 5.92 Å². The number of nitrogens with zero attached hydrogens (tertiary/aromatic N) is 2. The minimum atomic E-state index is -4.58. The number of benzene rings is 1. The average molecular weight is 399 g/mol. The lowest BCUT2D eigenvalue weighted by Gasteiger charge is -2.33. The van der Waals surface area contributed by atoms with Crippen LogP contribution in [-0.4, -0.2) is 33.0 Å². The summed E-state index contributed by atoms with van der Waals surface area (Å²) >= 11 is 0. The minimum Gasteiger partial charge on any atom is -0.371 e. The molecular weight excluding hydrogens is 379 g/mol. The van der Waals surface area contributed by atoms with Gasteiger partial charge in [0.05, 0.1) is 10.5 Å². The van der Waals surface area contributed by atoms with Crippen molar-refractivity contribution in [3.63, 3.8) is 0 Å². The number of anilines is 1. The smallest absolute Gasteiger partial charge is 0.371 e. The van der Waals surface area contributed by atoms with E-state index in [-0.39, 0.29) is 17.4 Å². The molecule has 1 aromatic carbocycles. The van der Waals surface area contributed by atoms with Crippen molar-refractivity contribution in [3.05, 3.63) is 54.4 Å². The van der Waals surface area contributed by atoms with Crippen molar-refractivity contribution in [1.29, 1.82) is 0 Å². The molecule has 27 heavy (non-hydrogen) atoms. The van der Waals surface area contributed by atoms with Crippen LogP contribution in [0.5, 0.6) is 0 Å². The van der Waals surface area contributed by atoms with Gasteiger partial charge in [0.25, 0.3) is 0 Å². The van der Waals surface area contributed by atoms with Crippen molar-refractivity contribution in [2.75, 3.05) is 24.5 Å². The lowest BCUT2D eigenvalue weighted by molar-refractivity contribution is -0.137. The SMILES string of the molecule is O=S(=O)(NCC1CCN(c2ccncc2)CC1)c1cccc(C(F)(F)F)c1. The van der Waals surface area contributed by atoms with Gasteiger partial charge in [0.15, 0.2) is 0 Å². The van der Waals surface area contributed by atoms with Gasteiger partial charge in [-0.05, 0) is 49.1 Å². The monoisotopic (exact) mass is 399 g/mol. The number of sulfonamides is 1. The summed E-state index contributed by atoms with van der Waals surface area (Å²) in [5.41, 5.74) is 0.101. The summed E-state index contributed by atoms with van der Waals surface area (Å²) in [6, 6.07) is 7.64. The molecule has 0 saturated carbocycles. The molecule has 1 aliphatic heterocycles. The molecule has 1 N–H and O–H groups in total. The van der Waals surface area contributed by atoms with E-state index in [1.165, 1.54) is 6.07 Å². The van der Waals surface area contributed by atoms with Crippen LogP contribution in [0.3, 0.4) is 0 Å². The third-order valence-corrected chi connectivity index (χ3v) is 6.10. The van der Waals surface area contributed by atoms with Gasteiger partial charge in [0, 0.05) is 37.7 Å². The molecule has 146 valence electrons. The predicted octanol–water partition coefficient (Wildman–Crippen LogP) is 3.30. The molecule has 1 aromatic heterocycles. The standard InChI is InChI=1S/C18H20F3N3O2S/c19-18(20,21)15-2-1-3-17(12-15)27(25,26)23-13-14-6-10-24(11-7-14)16-4-8-22-9-5-16/h1-5,8-9,12,14,23H,6-7,10-11,13H2. The Hall–Kier alpha value is -2.13. The maximum atomic E-state index is 12.8. The summed E-state index contributed by atoms with van der Waals surface area (Å²) in [5.74, 6) is 0.142. The Kier molecular flexibility index (Phi) is 5.71. The maximum Gasteiger partial charge on any atom is 0.416 e. The number of nitrogens with one attached hydrogen (secondary N) is 1. The van der Waals surface area contributed by atoms with Crippen LogP contribution in [0.25, 0.3) is 0 Å². The molecule has 3 rings (SSSR count). The van der Waals surface area contributed by atoms with Crippen LogP contribution in [0.1, 0.15) is 18.4 Å². The fourth-order valence-electron chi connectivity index (χ4n) is 3.10. The van der Waals surface area contributed by atoms with E-state index in [0.717, 1.165) is 43.8 Å². The predicted molar refractivity (Wildman–Crippen MR) is 95.8 cm³/mol. The molecule has 0 amide bonds. The zero-order chi connectivity index (χ0) is 19.5. The number of piperidine rings is 1. The van der Waals surface area contributed by atoms with Crippen LogP contribution in [0.15, 0.2) is 53.7 Å². The van der Waals surface area contributed by atoms with Gasteiger partial charge < -0.3 is 4.90 Å². The first kappa shape index (κ1) is 19.6. The van der Waals surface area contributed by atoms with Crippen LogP contribution in [0, 0.1) is 5.92 Å². The Balaban J connectivity index is 1.57. The molecule has 0 spiro atoms. The lowest BCUT2D eigenvalue weighted by Crippen LogP contribution is -2.38. The molecule has 0 radical (unpaired) electrons. The third-order valence-electron chi connectivity index (χ3n) is 4.68. The quantitative estimate of drug-likeness (QED) is 0.838. The Labute approximate surface area is 156 Å². The number of alkyl halides is 3.